The molecule has 0 N–H and O–H groups in total. The normalized spacial score (nSPS) is 12.4. The van der Waals surface area contributed by atoms with Crippen molar-refractivity contribution in [1.82, 2.24) is 0 Å². The van der Waals surface area contributed by atoms with E-state index in [0.717, 1.165) is 6.16 Å². The summed E-state index contributed by atoms with van der Waals surface area (Å²) in [5, 5.41) is 4.23. The van der Waals surface area contributed by atoms with E-state index < -0.39 is 7.26 Å². The summed E-state index contributed by atoms with van der Waals surface area (Å²) in [5.74, 6) is 0. The molecule has 0 fully saturated rings. The predicted molar refractivity (Wildman–Crippen MR) is 106 cm³/mol. The molecule has 23 heavy (non-hydrogen) atoms. The summed E-state index contributed by atoms with van der Waals surface area (Å²) in [6, 6.07) is 32.6. The molecular formula is C21H20ClP. The fourth-order valence-electron chi connectivity index (χ4n) is 3.24. The molecule has 0 aliphatic rings. The van der Waals surface area contributed by atoms with Gasteiger partial charge in [0.1, 0.15) is 0 Å². The average molecular weight is 339 g/mol. The van der Waals surface area contributed by atoms with E-state index in [1.54, 1.807) is 5.54 Å². The van der Waals surface area contributed by atoms with Crippen LogP contribution in [-0.2, 0) is 0 Å². The van der Waals surface area contributed by atoms with Crippen molar-refractivity contribution in [2.45, 2.75) is 0 Å². The second-order valence-electron chi connectivity index (χ2n) is 5.57. The quantitative estimate of drug-likeness (QED) is 0.602. The van der Waals surface area contributed by atoms with Crippen molar-refractivity contribution in [2.24, 2.45) is 0 Å². The summed E-state index contributed by atoms with van der Waals surface area (Å²) in [7, 11) is -2.12. The number of rotatable bonds is 5. The number of allylic oxidation sites excluding steroid dienone is 1. The molecule has 0 spiro atoms. The van der Waals surface area contributed by atoms with Crippen LogP contribution in [0.5, 0.6) is 0 Å². The second kappa shape index (κ2) is 7.59. The van der Waals surface area contributed by atoms with Gasteiger partial charge in [-0.15, -0.1) is 0 Å². The van der Waals surface area contributed by atoms with Crippen LogP contribution in [0.25, 0.3) is 0 Å². The van der Waals surface area contributed by atoms with Gasteiger partial charge in [-0.25, -0.2) is 0 Å². The van der Waals surface area contributed by atoms with Crippen molar-refractivity contribution in [3.63, 3.8) is 0 Å². The van der Waals surface area contributed by atoms with Crippen molar-refractivity contribution in [3.8, 4) is 0 Å². The van der Waals surface area contributed by atoms with E-state index in [1.165, 1.54) is 15.9 Å². The molecule has 0 aliphatic carbocycles. The van der Waals surface area contributed by atoms with Gasteiger partial charge in [-0.2, -0.15) is 0 Å². The van der Waals surface area contributed by atoms with Crippen LogP contribution in [0.2, 0.25) is 0 Å². The number of hydrogen-bond acceptors (Lipinski definition) is 0. The Labute approximate surface area is 143 Å². The van der Waals surface area contributed by atoms with Gasteiger partial charge in [0.25, 0.3) is 0 Å². The molecule has 0 saturated heterocycles. The number of benzene rings is 3. The average Bonchev–Trinajstić information content (AvgIpc) is 2.65. The van der Waals surface area contributed by atoms with Gasteiger partial charge < -0.3 is 0 Å². The third kappa shape index (κ3) is 3.24. The molecule has 0 aliphatic heterocycles. The maximum absolute atomic E-state index is 5.91. The van der Waals surface area contributed by atoms with Gasteiger partial charge in [-0.3, -0.25) is 0 Å². The SMILES string of the molecule is ClC=CC[PH](c1ccccc1)(c1ccccc1)c1ccccc1. The first-order chi connectivity index (χ1) is 11.4. The van der Waals surface area contributed by atoms with Crippen LogP contribution >= 0.6 is 18.9 Å². The zero-order chi connectivity index (χ0) is 16.0. The summed E-state index contributed by atoms with van der Waals surface area (Å²) in [4.78, 5) is 0. The topological polar surface area (TPSA) is 0 Å². The van der Waals surface area contributed by atoms with E-state index in [4.69, 9.17) is 11.6 Å². The molecular weight excluding hydrogens is 319 g/mol. The fourth-order valence-corrected chi connectivity index (χ4v) is 7.94. The number of halogens is 1. The molecule has 0 heterocycles. The van der Waals surface area contributed by atoms with E-state index in [2.05, 4.69) is 97.1 Å². The molecule has 3 aromatic rings. The van der Waals surface area contributed by atoms with Crippen molar-refractivity contribution in [2.75, 3.05) is 6.16 Å². The Morgan fingerprint density at radius 2 is 0.957 bits per heavy atom. The van der Waals surface area contributed by atoms with E-state index in [1.807, 2.05) is 0 Å². The zero-order valence-electron chi connectivity index (χ0n) is 12.9. The van der Waals surface area contributed by atoms with Crippen LogP contribution in [0, 0.1) is 0 Å². The van der Waals surface area contributed by atoms with E-state index in [0.29, 0.717) is 0 Å². The van der Waals surface area contributed by atoms with E-state index in [9.17, 15) is 0 Å². The van der Waals surface area contributed by atoms with Gasteiger partial charge in [0.05, 0.1) is 0 Å². The van der Waals surface area contributed by atoms with Crippen LogP contribution in [0.1, 0.15) is 0 Å². The predicted octanol–water partition coefficient (Wildman–Crippen LogP) is 4.47. The van der Waals surface area contributed by atoms with Crippen molar-refractivity contribution < 1.29 is 0 Å². The molecule has 0 radical (unpaired) electrons. The first-order valence-corrected chi connectivity index (χ1v) is 10.4. The molecule has 0 bridgehead atoms. The molecule has 3 aromatic carbocycles. The first kappa shape index (κ1) is 16.0. The Balaban J connectivity index is 2.30. The Morgan fingerprint density at radius 3 is 1.26 bits per heavy atom. The monoisotopic (exact) mass is 338 g/mol. The molecule has 2 heteroatoms. The fraction of sp³-hybridized carbons (Fsp3) is 0.0476. The summed E-state index contributed by atoms with van der Waals surface area (Å²) in [5.41, 5.74) is 1.65. The standard InChI is InChI=1S/C21H20ClP/c22-17-10-18-23(19-11-4-1-5-12-19,20-13-6-2-7-14-20)21-15-8-3-9-16-21/h1-17,23H,18H2. The van der Waals surface area contributed by atoms with Crippen LogP contribution in [-0.4, -0.2) is 6.16 Å². The molecule has 0 amide bonds. The van der Waals surface area contributed by atoms with Gasteiger partial charge in [-0.05, 0) is 0 Å². The van der Waals surface area contributed by atoms with Gasteiger partial charge in [-0.1, -0.05) is 0 Å². The van der Waals surface area contributed by atoms with Crippen LogP contribution in [0.15, 0.2) is 103 Å². The second-order valence-corrected chi connectivity index (χ2v) is 9.77. The van der Waals surface area contributed by atoms with Gasteiger partial charge in [0, 0.05) is 0 Å². The van der Waals surface area contributed by atoms with Crippen molar-refractivity contribution in [3.05, 3.63) is 103 Å². The summed E-state index contributed by atoms with van der Waals surface area (Å²) >= 11 is 5.91. The van der Waals surface area contributed by atoms with Gasteiger partial charge in [0.2, 0.25) is 0 Å². The molecule has 3 rings (SSSR count). The van der Waals surface area contributed by atoms with Gasteiger partial charge in [0.15, 0.2) is 0 Å². The van der Waals surface area contributed by atoms with Crippen LogP contribution in [0.3, 0.4) is 0 Å². The van der Waals surface area contributed by atoms with E-state index in [-0.39, 0.29) is 0 Å². The minimum atomic E-state index is -2.12. The van der Waals surface area contributed by atoms with Crippen LogP contribution in [0.4, 0.5) is 0 Å². The Bertz CT molecular complexity index is 655. The molecule has 0 aromatic heterocycles. The summed E-state index contributed by atoms with van der Waals surface area (Å²) in [6.45, 7) is 0. The third-order valence-corrected chi connectivity index (χ3v) is 9.30. The molecule has 116 valence electrons. The van der Waals surface area contributed by atoms with Crippen LogP contribution < -0.4 is 15.9 Å². The van der Waals surface area contributed by atoms with Crippen molar-refractivity contribution >= 4 is 34.8 Å². The van der Waals surface area contributed by atoms with E-state index >= 15 is 0 Å². The third-order valence-electron chi connectivity index (χ3n) is 4.31. The van der Waals surface area contributed by atoms with Crippen molar-refractivity contribution in [1.29, 1.82) is 0 Å². The summed E-state index contributed by atoms with van der Waals surface area (Å²) in [6.07, 6.45) is 3.05. The molecule has 0 unspecified atom stereocenters. The number of hydrogen-bond donors (Lipinski definition) is 0. The molecule has 0 atom stereocenters. The minimum absolute atomic E-state index is 0.953. The molecule has 0 saturated carbocycles. The summed E-state index contributed by atoms with van der Waals surface area (Å²) < 4.78 is 0. The Hall–Kier alpha value is -1.88. The molecule has 0 nitrogen and oxygen atoms in total. The Morgan fingerprint density at radius 1 is 0.609 bits per heavy atom. The Kier molecular flexibility index (Phi) is 5.28. The maximum atomic E-state index is 5.91. The first-order valence-electron chi connectivity index (χ1n) is 7.80. The van der Waals surface area contributed by atoms with Gasteiger partial charge >= 0.3 is 144 Å². The zero-order valence-corrected chi connectivity index (χ0v) is 14.7.